The molecule has 2 aromatic rings. The van der Waals surface area contributed by atoms with Gasteiger partial charge in [0, 0.05) is 10.0 Å². The van der Waals surface area contributed by atoms with Crippen LogP contribution in [-0.2, 0) is 0 Å². The van der Waals surface area contributed by atoms with Crippen LogP contribution in [0.2, 0.25) is 10.0 Å². The van der Waals surface area contributed by atoms with Gasteiger partial charge in [0.25, 0.3) is 0 Å². The summed E-state index contributed by atoms with van der Waals surface area (Å²) in [6.45, 7) is 3.38. The zero-order valence-electron chi connectivity index (χ0n) is 11.4. The number of pyridine rings is 1. The molecule has 110 valence electrons. The fraction of sp³-hybridized carbons (Fsp3) is 0.200. The molecule has 0 aliphatic carbocycles. The lowest BCUT2D eigenvalue weighted by Crippen LogP contribution is -2.12. The van der Waals surface area contributed by atoms with Gasteiger partial charge in [0.05, 0.1) is 11.4 Å². The Balaban J connectivity index is 2.17. The first-order valence-electron chi connectivity index (χ1n) is 6.14. The van der Waals surface area contributed by atoms with E-state index in [-0.39, 0.29) is 12.4 Å². The molecule has 1 aromatic carbocycles. The van der Waals surface area contributed by atoms with Gasteiger partial charge in [0.15, 0.2) is 18.1 Å². The van der Waals surface area contributed by atoms with Crippen LogP contribution in [0.15, 0.2) is 28.7 Å². The summed E-state index contributed by atoms with van der Waals surface area (Å²) in [4.78, 5) is 16.3. The molecule has 0 bridgehead atoms. The maximum absolute atomic E-state index is 12.1. The van der Waals surface area contributed by atoms with Crippen LogP contribution in [0.1, 0.15) is 21.7 Å². The van der Waals surface area contributed by atoms with E-state index in [9.17, 15) is 4.79 Å². The number of aromatic nitrogens is 1. The second-order valence-corrected chi connectivity index (χ2v) is 6.13. The van der Waals surface area contributed by atoms with E-state index in [1.807, 2.05) is 0 Å². The van der Waals surface area contributed by atoms with E-state index in [2.05, 4.69) is 20.9 Å². The maximum Gasteiger partial charge on any atom is 0.200 e. The van der Waals surface area contributed by atoms with Gasteiger partial charge in [0.2, 0.25) is 0 Å². The number of hydrogen-bond acceptors (Lipinski definition) is 3. The Labute approximate surface area is 141 Å². The van der Waals surface area contributed by atoms with Crippen molar-refractivity contribution in [2.24, 2.45) is 0 Å². The number of ether oxygens (including phenoxy) is 1. The zero-order chi connectivity index (χ0) is 15.6. The monoisotopic (exact) mass is 387 g/mol. The van der Waals surface area contributed by atoms with Crippen LogP contribution in [0.3, 0.4) is 0 Å². The molecule has 1 heterocycles. The molecular formula is C15H12BrCl2NO2. The average molecular weight is 389 g/mol. The van der Waals surface area contributed by atoms with Gasteiger partial charge >= 0.3 is 0 Å². The first kappa shape index (κ1) is 16.3. The van der Waals surface area contributed by atoms with Crippen molar-refractivity contribution in [2.75, 3.05) is 6.61 Å². The molecule has 0 aliphatic heterocycles. The molecule has 0 radical (unpaired) electrons. The van der Waals surface area contributed by atoms with Gasteiger partial charge in [-0.3, -0.25) is 9.78 Å². The lowest BCUT2D eigenvalue weighted by atomic mass is 10.1. The predicted molar refractivity (Wildman–Crippen MR) is 87.7 cm³/mol. The fourth-order valence-corrected chi connectivity index (χ4v) is 2.45. The quantitative estimate of drug-likeness (QED) is 0.689. The zero-order valence-corrected chi connectivity index (χ0v) is 14.5. The number of hydrogen-bond donors (Lipinski definition) is 0. The van der Waals surface area contributed by atoms with Crippen molar-refractivity contribution >= 4 is 44.9 Å². The number of ketones is 1. The van der Waals surface area contributed by atoms with Crippen LogP contribution >= 0.6 is 39.1 Å². The SMILES string of the molecule is Cc1nc(C)c(Cl)c(OCC(=O)c2ccc(Br)cc2)c1Cl. The molecule has 0 saturated carbocycles. The summed E-state index contributed by atoms with van der Waals surface area (Å²) in [5, 5.41) is 0.656. The molecule has 0 aliphatic rings. The van der Waals surface area contributed by atoms with Crippen molar-refractivity contribution < 1.29 is 9.53 Å². The number of carbonyl (C=O) groups is 1. The fourth-order valence-electron chi connectivity index (χ4n) is 1.76. The summed E-state index contributed by atoms with van der Waals surface area (Å²) in [5.74, 6) is 0.149. The highest BCUT2D eigenvalue weighted by Gasteiger charge is 2.16. The Morgan fingerprint density at radius 1 is 1.14 bits per heavy atom. The standard InChI is InChI=1S/C15H12BrCl2NO2/c1-8-13(17)15(14(18)9(2)19-8)21-7-12(20)10-3-5-11(16)6-4-10/h3-6H,7H2,1-2H3. The van der Waals surface area contributed by atoms with Crippen LogP contribution in [-0.4, -0.2) is 17.4 Å². The number of Topliss-reactive ketones (excluding diaryl/α,β-unsaturated/α-hetero) is 1. The highest BCUT2D eigenvalue weighted by molar-refractivity contribution is 9.10. The first-order chi connectivity index (χ1) is 9.90. The Bertz CT molecular complexity index is 661. The number of halogens is 3. The first-order valence-corrected chi connectivity index (χ1v) is 7.68. The topological polar surface area (TPSA) is 39.2 Å². The summed E-state index contributed by atoms with van der Waals surface area (Å²) in [5.41, 5.74) is 1.79. The molecule has 0 amide bonds. The Hall–Kier alpha value is -1.10. The van der Waals surface area contributed by atoms with E-state index in [1.54, 1.807) is 38.1 Å². The van der Waals surface area contributed by atoms with E-state index in [0.717, 1.165) is 4.47 Å². The maximum atomic E-state index is 12.1. The lowest BCUT2D eigenvalue weighted by Gasteiger charge is -2.12. The molecule has 0 fully saturated rings. The molecule has 0 saturated heterocycles. The van der Waals surface area contributed by atoms with E-state index in [4.69, 9.17) is 27.9 Å². The molecule has 0 unspecified atom stereocenters. The van der Waals surface area contributed by atoms with Crippen molar-refractivity contribution in [3.8, 4) is 5.75 Å². The van der Waals surface area contributed by atoms with Crippen molar-refractivity contribution in [3.05, 3.63) is 55.7 Å². The molecule has 21 heavy (non-hydrogen) atoms. The number of aryl methyl sites for hydroxylation is 2. The minimum atomic E-state index is -0.151. The number of rotatable bonds is 4. The van der Waals surface area contributed by atoms with Gasteiger partial charge < -0.3 is 4.74 Å². The summed E-state index contributed by atoms with van der Waals surface area (Å²) in [6, 6.07) is 7.05. The van der Waals surface area contributed by atoms with Crippen LogP contribution in [0.4, 0.5) is 0 Å². The third-order valence-electron chi connectivity index (χ3n) is 2.88. The lowest BCUT2D eigenvalue weighted by molar-refractivity contribution is 0.0921. The molecule has 6 heteroatoms. The second kappa shape index (κ2) is 6.77. The molecule has 0 N–H and O–H groups in total. The van der Waals surface area contributed by atoms with Gasteiger partial charge in [-0.1, -0.05) is 51.3 Å². The van der Waals surface area contributed by atoms with Gasteiger partial charge in [-0.25, -0.2) is 0 Å². The van der Waals surface area contributed by atoms with E-state index in [1.165, 1.54) is 0 Å². The highest BCUT2D eigenvalue weighted by Crippen LogP contribution is 2.36. The third-order valence-corrected chi connectivity index (χ3v) is 4.30. The van der Waals surface area contributed by atoms with Gasteiger partial charge in [-0.15, -0.1) is 0 Å². The minimum absolute atomic E-state index is 0.135. The van der Waals surface area contributed by atoms with Gasteiger partial charge in [0.1, 0.15) is 10.0 Å². The Kier molecular flexibility index (Phi) is 5.25. The van der Waals surface area contributed by atoms with Crippen molar-refractivity contribution in [1.29, 1.82) is 0 Å². The van der Waals surface area contributed by atoms with Crippen LogP contribution in [0.5, 0.6) is 5.75 Å². The Morgan fingerprint density at radius 2 is 1.67 bits per heavy atom. The van der Waals surface area contributed by atoms with Crippen LogP contribution in [0, 0.1) is 13.8 Å². The summed E-state index contributed by atoms with van der Waals surface area (Å²) >= 11 is 15.6. The smallest absolute Gasteiger partial charge is 0.200 e. The van der Waals surface area contributed by atoms with Crippen molar-refractivity contribution in [1.82, 2.24) is 4.98 Å². The van der Waals surface area contributed by atoms with Crippen molar-refractivity contribution in [2.45, 2.75) is 13.8 Å². The number of carbonyl (C=O) groups excluding carboxylic acids is 1. The summed E-state index contributed by atoms with van der Waals surface area (Å²) in [6.07, 6.45) is 0. The summed E-state index contributed by atoms with van der Waals surface area (Å²) in [7, 11) is 0. The summed E-state index contributed by atoms with van der Waals surface area (Å²) < 4.78 is 6.42. The van der Waals surface area contributed by atoms with Crippen molar-refractivity contribution in [3.63, 3.8) is 0 Å². The molecule has 0 spiro atoms. The minimum Gasteiger partial charge on any atom is -0.482 e. The van der Waals surface area contributed by atoms with E-state index >= 15 is 0 Å². The molecular weight excluding hydrogens is 377 g/mol. The normalized spacial score (nSPS) is 10.5. The third kappa shape index (κ3) is 3.76. The predicted octanol–water partition coefficient (Wildman–Crippen LogP) is 5.03. The second-order valence-electron chi connectivity index (χ2n) is 4.46. The van der Waals surface area contributed by atoms with Crippen LogP contribution < -0.4 is 4.74 Å². The number of nitrogens with zero attached hydrogens (tertiary/aromatic N) is 1. The number of benzene rings is 1. The highest BCUT2D eigenvalue weighted by atomic mass is 79.9. The molecule has 1 aromatic heterocycles. The van der Waals surface area contributed by atoms with E-state index in [0.29, 0.717) is 32.7 Å². The molecule has 0 atom stereocenters. The largest absolute Gasteiger partial charge is 0.482 e. The van der Waals surface area contributed by atoms with Gasteiger partial charge in [-0.05, 0) is 26.0 Å². The molecule has 3 nitrogen and oxygen atoms in total. The van der Waals surface area contributed by atoms with E-state index < -0.39 is 0 Å². The van der Waals surface area contributed by atoms with Crippen LogP contribution in [0.25, 0.3) is 0 Å². The van der Waals surface area contributed by atoms with Gasteiger partial charge in [-0.2, -0.15) is 0 Å². The average Bonchev–Trinajstić information content (AvgIpc) is 2.45. The molecule has 2 rings (SSSR count). The Morgan fingerprint density at radius 3 is 2.19 bits per heavy atom.